The lowest BCUT2D eigenvalue weighted by Gasteiger charge is -2.27. The van der Waals surface area contributed by atoms with Gasteiger partial charge in [0.15, 0.2) is 0 Å². The minimum Gasteiger partial charge on any atom is -0.477 e. The Kier molecular flexibility index (Phi) is 6.48. The molecular formula is C23H29N5O2S. The van der Waals surface area contributed by atoms with Crippen LogP contribution in [0.1, 0.15) is 51.0 Å². The van der Waals surface area contributed by atoms with E-state index in [1.165, 1.54) is 36.8 Å². The molecule has 1 aliphatic carbocycles. The number of aryl methyl sites for hydroxylation is 1. The molecule has 3 aromatic rings. The number of ether oxygens (including phenoxy) is 1. The summed E-state index contributed by atoms with van der Waals surface area (Å²) in [5.41, 5.74) is 2.51. The number of hydrogen-bond acceptors (Lipinski definition) is 7. The summed E-state index contributed by atoms with van der Waals surface area (Å²) in [6.45, 7) is 3.92. The third kappa shape index (κ3) is 5.77. The molecule has 0 unspecified atom stereocenters. The van der Waals surface area contributed by atoms with Crippen LogP contribution in [0.5, 0.6) is 5.88 Å². The normalized spacial score (nSPS) is 14.3. The summed E-state index contributed by atoms with van der Waals surface area (Å²) in [7, 11) is 1.88. The minimum atomic E-state index is -0.788. The van der Waals surface area contributed by atoms with E-state index >= 15 is 0 Å². The summed E-state index contributed by atoms with van der Waals surface area (Å²) in [5.74, 6) is 1.56. The lowest BCUT2D eigenvalue weighted by molar-refractivity contribution is 0.0547. The molecule has 1 fully saturated rings. The molecule has 0 radical (unpaired) electrons. The van der Waals surface area contributed by atoms with E-state index < -0.39 is 5.60 Å². The van der Waals surface area contributed by atoms with E-state index in [9.17, 15) is 5.11 Å². The van der Waals surface area contributed by atoms with Crippen LogP contribution in [-0.4, -0.2) is 37.1 Å². The second-order valence-corrected chi connectivity index (χ2v) is 9.47. The lowest BCUT2D eigenvalue weighted by Crippen LogP contribution is -2.22. The van der Waals surface area contributed by atoms with E-state index in [2.05, 4.69) is 33.0 Å². The molecule has 164 valence electrons. The lowest BCUT2D eigenvalue weighted by atomic mass is 9.78. The van der Waals surface area contributed by atoms with Gasteiger partial charge in [0.05, 0.1) is 29.0 Å². The van der Waals surface area contributed by atoms with Gasteiger partial charge in [-0.2, -0.15) is 10.1 Å². The highest BCUT2D eigenvalue weighted by Gasteiger charge is 2.23. The molecule has 4 rings (SSSR count). The van der Waals surface area contributed by atoms with Gasteiger partial charge in [0.25, 0.3) is 0 Å². The topological polar surface area (TPSA) is 85.1 Å². The van der Waals surface area contributed by atoms with Crippen LogP contribution in [0.25, 0.3) is 11.3 Å². The van der Waals surface area contributed by atoms with Gasteiger partial charge in [0.1, 0.15) is 0 Å². The Morgan fingerprint density at radius 3 is 2.74 bits per heavy atom. The Morgan fingerprint density at radius 2 is 2.06 bits per heavy atom. The van der Waals surface area contributed by atoms with Crippen molar-refractivity contribution in [1.82, 2.24) is 19.7 Å². The fraction of sp³-hybridized carbons (Fsp3) is 0.435. The molecule has 0 aliphatic heterocycles. The van der Waals surface area contributed by atoms with Gasteiger partial charge in [-0.3, -0.25) is 9.40 Å². The van der Waals surface area contributed by atoms with E-state index in [1.807, 2.05) is 25.4 Å². The summed E-state index contributed by atoms with van der Waals surface area (Å²) in [4.78, 5) is 10.3. The number of benzene rings is 1. The summed E-state index contributed by atoms with van der Waals surface area (Å²) in [6.07, 6.45) is 7.95. The third-order valence-electron chi connectivity index (χ3n) is 5.39. The van der Waals surface area contributed by atoms with Gasteiger partial charge in [-0.1, -0.05) is 30.7 Å². The minimum absolute atomic E-state index is 0.374. The van der Waals surface area contributed by atoms with Crippen LogP contribution in [0.15, 0.2) is 47.6 Å². The van der Waals surface area contributed by atoms with Crippen LogP contribution < -0.4 is 9.46 Å². The molecule has 1 aliphatic rings. The molecule has 2 heterocycles. The predicted octanol–water partition coefficient (Wildman–Crippen LogP) is 4.80. The first kappa shape index (κ1) is 21.6. The van der Waals surface area contributed by atoms with Crippen molar-refractivity contribution in [3.8, 4) is 17.1 Å². The van der Waals surface area contributed by atoms with Gasteiger partial charge < -0.3 is 9.84 Å². The van der Waals surface area contributed by atoms with Gasteiger partial charge in [-0.05, 0) is 50.1 Å². The number of anilines is 1. The molecule has 2 N–H and O–H groups in total. The van der Waals surface area contributed by atoms with Gasteiger partial charge in [0, 0.05) is 31.3 Å². The maximum atomic E-state index is 9.99. The highest BCUT2D eigenvalue weighted by Crippen LogP contribution is 2.41. The van der Waals surface area contributed by atoms with Crippen molar-refractivity contribution >= 4 is 17.9 Å². The van der Waals surface area contributed by atoms with Crippen LogP contribution in [0.4, 0.5) is 5.95 Å². The van der Waals surface area contributed by atoms with Gasteiger partial charge in [0.2, 0.25) is 11.8 Å². The summed E-state index contributed by atoms with van der Waals surface area (Å²) >= 11 is 1.41. The van der Waals surface area contributed by atoms with Gasteiger partial charge in [-0.15, -0.1) is 0 Å². The fourth-order valence-electron chi connectivity index (χ4n) is 3.45. The van der Waals surface area contributed by atoms with Gasteiger partial charge in [-0.25, -0.2) is 4.98 Å². The van der Waals surface area contributed by atoms with Crippen molar-refractivity contribution < 1.29 is 9.84 Å². The molecule has 1 saturated carbocycles. The van der Waals surface area contributed by atoms with E-state index in [4.69, 9.17) is 9.72 Å². The summed E-state index contributed by atoms with van der Waals surface area (Å²) in [6, 6.07) is 10.4. The van der Waals surface area contributed by atoms with Crippen LogP contribution in [0, 0.1) is 0 Å². The first-order chi connectivity index (χ1) is 14.9. The van der Waals surface area contributed by atoms with Crippen molar-refractivity contribution in [3.63, 3.8) is 0 Å². The summed E-state index contributed by atoms with van der Waals surface area (Å²) < 4.78 is 10.9. The number of nitrogens with one attached hydrogen (secondary N) is 1. The number of rotatable bonds is 9. The molecule has 2 aromatic heterocycles. The number of hydrogen-bond donors (Lipinski definition) is 2. The fourth-order valence-corrected chi connectivity index (χ4v) is 4.06. The standard InChI is InChI=1S/C23H29N5O2S/c1-23(2,29)11-12-30-21-13-20(19-10-5-4-9-18(19)16-7-6-8-16)25-22(26-21)27-31-17-14-24-28(3)15-17/h4-5,9-10,13-16,29H,6-8,11-12H2,1-3H3,(H,25,26,27). The van der Waals surface area contributed by atoms with Crippen LogP contribution in [0.2, 0.25) is 0 Å². The Balaban J connectivity index is 1.61. The molecule has 0 bridgehead atoms. The SMILES string of the molecule is Cn1cc(SNc2nc(OCCC(C)(C)O)cc(-c3ccccc3C3CCC3)n2)cn1. The van der Waals surface area contributed by atoms with Crippen molar-refractivity contribution in [2.24, 2.45) is 7.05 Å². The predicted molar refractivity (Wildman–Crippen MR) is 123 cm³/mol. The Bertz CT molecular complexity index is 1030. The second-order valence-electron chi connectivity index (χ2n) is 8.59. The molecule has 0 spiro atoms. The van der Waals surface area contributed by atoms with Crippen LogP contribution >= 0.6 is 11.9 Å². The van der Waals surface area contributed by atoms with E-state index in [0.29, 0.717) is 30.8 Å². The Morgan fingerprint density at radius 1 is 1.26 bits per heavy atom. The third-order valence-corrected chi connectivity index (χ3v) is 6.12. The smallest absolute Gasteiger partial charge is 0.237 e. The zero-order chi connectivity index (χ0) is 21.8. The maximum Gasteiger partial charge on any atom is 0.237 e. The zero-order valence-corrected chi connectivity index (χ0v) is 19.0. The Hall–Kier alpha value is -2.58. The molecule has 7 nitrogen and oxygen atoms in total. The monoisotopic (exact) mass is 439 g/mol. The average Bonchev–Trinajstić information content (AvgIpc) is 3.10. The van der Waals surface area contributed by atoms with Crippen LogP contribution in [-0.2, 0) is 7.05 Å². The number of aromatic nitrogens is 4. The van der Waals surface area contributed by atoms with Crippen molar-refractivity contribution in [3.05, 3.63) is 48.3 Å². The van der Waals surface area contributed by atoms with E-state index in [-0.39, 0.29) is 0 Å². The molecule has 31 heavy (non-hydrogen) atoms. The molecule has 8 heteroatoms. The Labute approximate surface area is 187 Å². The van der Waals surface area contributed by atoms with Gasteiger partial charge >= 0.3 is 0 Å². The second kappa shape index (κ2) is 9.28. The quantitative estimate of drug-likeness (QED) is 0.463. The highest BCUT2D eigenvalue weighted by molar-refractivity contribution is 8.00. The molecule has 0 saturated heterocycles. The van der Waals surface area contributed by atoms with Crippen molar-refractivity contribution in [1.29, 1.82) is 0 Å². The van der Waals surface area contributed by atoms with E-state index in [1.54, 1.807) is 24.7 Å². The molecule has 0 amide bonds. The van der Waals surface area contributed by atoms with Crippen molar-refractivity contribution in [2.75, 3.05) is 11.3 Å². The highest BCUT2D eigenvalue weighted by atomic mass is 32.2. The van der Waals surface area contributed by atoms with Crippen molar-refractivity contribution in [2.45, 2.75) is 55.9 Å². The molecular weight excluding hydrogens is 410 g/mol. The largest absolute Gasteiger partial charge is 0.477 e. The first-order valence-corrected chi connectivity index (χ1v) is 11.4. The number of nitrogens with zero attached hydrogens (tertiary/aromatic N) is 4. The summed E-state index contributed by atoms with van der Waals surface area (Å²) in [5, 5.41) is 14.2. The van der Waals surface area contributed by atoms with Crippen LogP contribution in [0.3, 0.4) is 0 Å². The number of aliphatic hydroxyl groups is 1. The van der Waals surface area contributed by atoms with E-state index in [0.717, 1.165) is 16.2 Å². The average molecular weight is 440 g/mol. The zero-order valence-electron chi connectivity index (χ0n) is 18.2. The first-order valence-electron chi connectivity index (χ1n) is 10.6. The maximum absolute atomic E-state index is 9.99. The molecule has 0 atom stereocenters. The molecule has 1 aromatic carbocycles.